The Morgan fingerprint density at radius 2 is 1.73 bits per heavy atom. The Hall–Kier alpha value is -2.33. The second kappa shape index (κ2) is 7.12. The maximum atomic E-state index is 11.8. The number of hydrogen-bond acceptors (Lipinski definition) is 2. The predicted octanol–water partition coefficient (Wildman–Crippen LogP) is 4.21. The van der Waals surface area contributed by atoms with E-state index in [1.165, 1.54) is 23.3 Å². The zero-order chi connectivity index (χ0) is 18.1. The molecule has 2 aromatic carbocycles. The van der Waals surface area contributed by atoms with Gasteiger partial charge in [-0.1, -0.05) is 54.6 Å². The van der Waals surface area contributed by atoms with Gasteiger partial charge < -0.3 is 10.8 Å². The first-order chi connectivity index (χ1) is 12.6. The molecule has 4 nitrogen and oxygen atoms in total. The van der Waals surface area contributed by atoms with E-state index in [1.54, 1.807) is 0 Å². The molecule has 4 rings (SSSR count). The van der Waals surface area contributed by atoms with Gasteiger partial charge in [0.15, 0.2) is 0 Å². The molecule has 2 saturated carbocycles. The molecule has 0 aliphatic heterocycles. The summed E-state index contributed by atoms with van der Waals surface area (Å²) in [6, 6.07) is 18.4. The van der Waals surface area contributed by atoms with E-state index < -0.39 is 6.09 Å². The standard InChI is InChI=1S/C22H26N2O2/c23-21-12-16-10-19(20(21)11-16)18-9-5-4-8-17(18)14-24(22(25)26)13-15-6-2-1-3-7-15/h1-9,16,19-21H,10-14,23H2,(H,25,26)/t16-,19+,20+,21-/m0/s1. The number of hydrogen-bond donors (Lipinski definition) is 2. The Balaban J connectivity index is 1.56. The van der Waals surface area contributed by atoms with Gasteiger partial charge in [-0.05, 0) is 53.7 Å². The lowest BCUT2D eigenvalue weighted by molar-refractivity contribution is 0.139. The highest BCUT2D eigenvalue weighted by molar-refractivity contribution is 5.65. The SMILES string of the molecule is N[C@H]1C[C@@H]2C[C@@H]1[C@@H](c1ccccc1CN(Cc1ccccc1)C(=O)O)C2. The van der Waals surface area contributed by atoms with Crippen molar-refractivity contribution in [1.82, 2.24) is 4.90 Å². The van der Waals surface area contributed by atoms with Gasteiger partial charge in [0.25, 0.3) is 0 Å². The summed E-state index contributed by atoms with van der Waals surface area (Å²) in [6.07, 6.45) is 2.69. The van der Waals surface area contributed by atoms with Crippen LogP contribution in [0.25, 0.3) is 0 Å². The monoisotopic (exact) mass is 350 g/mol. The fraction of sp³-hybridized carbons (Fsp3) is 0.409. The highest BCUT2D eigenvalue weighted by Crippen LogP contribution is 2.52. The fourth-order valence-corrected chi connectivity index (χ4v) is 5.00. The molecule has 2 bridgehead atoms. The van der Waals surface area contributed by atoms with Gasteiger partial charge in [0.1, 0.15) is 0 Å². The van der Waals surface area contributed by atoms with Gasteiger partial charge in [-0.25, -0.2) is 4.79 Å². The Kier molecular flexibility index (Phi) is 4.68. The van der Waals surface area contributed by atoms with Gasteiger partial charge in [-0.3, -0.25) is 4.90 Å². The van der Waals surface area contributed by atoms with Crippen LogP contribution in [0.2, 0.25) is 0 Å². The van der Waals surface area contributed by atoms with E-state index in [0.717, 1.165) is 23.5 Å². The lowest BCUT2D eigenvalue weighted by Gasteiger charge is -2.30. The molecule has 1 amide bonds. The van der Waals surface area contributed by atoms with Crippen LogP contribution >= 0.6 is 0 Å². The average Bonchev–Trinajstić information content (AvgIpc) is 3.22. The molecule has 0 saturated heterocycles. The van der Waals surface area contributed by atoms with Crippen molar-refractivity contribution < 1.29 is 9.90 Å². The number of benzene rings is 2. The van der Waals surface area contributed by atoms with Crippen molar-refractivity contribution in [1.29, 1.82) is 0 Å². The van der Waals surface area contributed by atoms with Gasteiger partial charge in [-0.15, -0.1) is 0 Å². The zero-order valence-corrected chi connectivity index (χ0v) is 14.9. The molecule has 4 atom stereocenters. The summed E-state index contributed by atoms with van der Waals surface area (Å²) in [4.78, 5) is 13.3. The molecular weight excluding hydrogens is 324 g/mol. The van der Waals surface area contributed by atoms with Crippen LogP contribution < -0.4 is 5.73 Å². The molecule has 26 heavy (non-hydrogen) atoms. The Morgan fingerprint density at radius 1 is 1.00 bits per heavy atom. The first kappa shape index (κ1) is 17.1. The Bertz CT molecular complexity index is 777. The van der Waals surface area contributed by atoms with Gasteiger partial charge in [-0.2, -0.15) is 0 Å². The van der Waals surface area contributed by atoms with Crippen LogP contribution in [0.4, 0.5) is 4.79 Å². The van der Waals surface area contributed by atoms with E-state index in [-0.39, 0.29) is 0 Å². The number of amides is 1. The number of rotatable bonds is 5. The number of carboxylic acid groups (broad SMARTS) is 1. The number of fused-ring (bicyclic) bond motifs is 2. The largest absolute Gasteiger partial charge is 0.465 e. The summed E-state index contributed by atoms with van der Waals surface area (Å²) in [5.41, 5.74) is 9.77. The molecule has 2 aromatic rings. The van der Waals surface area contributed by atoms with E-state index in [9.17, 15) is 9.90 Å². The Labute approximate surface area is 154 Å². The van der Waals surface area contributed by atoms with Crippen molar-refractivity contribution in [2.75, 3.05) is 0 Å². The quantitative estimate of drug-likeness (QED) is 0.849. The van der Waals surface area contributed by atoms with Gasteiger partial charge in [0, 0.05) is 19.1 Å². The van der Waals surface area contributed by atoms with E-state index >= 15 is 0 Å². The van der Waals surface area contributed by atoms with Crippen molar-refractivity contribution in [3.63, 3.8) is 0 Å². The van der Waals surface area contributed by atoms with Crippen LogP contribution in [0.1, 0.15) is 41.9 Å². The molecular formula is C22H26N2O2. The van der Waals surface area contributed by atoms with Crippen LogP contribution in [-0.2, 0) is 13.1 Å². The Morgan fingerprint density at radius 3 is 2.42 bits per heavy atom. The molecule has 4 heteroatoms. The highest BCUT2D eigenvalue weighted by atomic mass is 16.4. The summed E-state index contributed by atoms with van der Waals surface area (Å²) < 4.78 is 0. The van der Waals surface area contributed by atoms with Crippen molar-refractivity contribution in [3.05, 3.63) is 71.3 Å². The third kappa shape index (κ3) is 3.34. The lowest BCUT2D eigenvalue weighted by atomic mass is 9.79. The minimum Gasteiger partial charge on any atom is -0.465 e. The predicted molar refractivity (Wildman–Crippen MR) is 102 cm³/mol. The molecule has 0 unspecified atom stereocenters. The molecule has 3 N–H and O–H groups in total. The van der Waals surface area contributed by atoms with Crippen LogP contribution in [0.5, 0.6) is 0 Å². The number of nitrogens with two attached hydrogens (primary N) is 1. The van der Waals surface area contributed by atoms with E-state index in [1.807, 2.05) is 36.4 Å². The fourth-order valence-electron chi connectivity index (χ4n) is 5.00. The van der Waals surface area contributed by atoms with E-state index in [2.05, 4.69) is 18.2 Å². The average molecular weight is 350 g/mol. The van der Waals surface area contributed by atoms with E-state index in [0.29, 0.717) is 31.0 Å². The summed E-state index contributed by atoms with van der Waals surface area (Å²) in [7, 11) is 0. The highest BCUT2D eigenvalue weighted by Gasteiger charge is 2.45. The molecule has 2 aliphatic carbocycles. The topological polar surface area (TPSA) is 66.6 Å². The molecule has 136 valence electrons. The molecule has 2 fully saturated rings. The summed E-state index contributed by atoms with van der Waals surface area (Å²) in [6.45, 7) is 0.824. The van der Waals surface area contributed by atoms with Gasteiger partial charge in [0.05, 0.1) is 0 Å². The first-order valence-electron chi connectivity index (χ1n) is 9.47. The minimum absolute atomic E-state index is 0.298. The smallest absolute Gasteiger partial charge is 0.407 e. The van der Waals surface area contributed by atoms with Crippen LogP contribution in [-0.4, -0.2) is 22.1 Å². The number of carbonyl (C=O) groups is 1. The van der Waals surface area contributed by atoms with Crippen LogP contribution in [0.15, 0.2) is 54.6 Å². The van der Waals surface area contributed by atoms with Crippen molar-refractivity contribution >= 4 is 6.09 Å². The molecule has 0 spiro atoms. The second-order valence-electron chi connectivity index (χ2n) is 7.83. The molecule has 0 heterocycles. The maximum absolute atomic E-state index is 11.8. The lowest BCUT2D eigenvalue weighted by Crippen LogP contribution is -2.32. The third-order valence-corrected chi connectivity index (χ3v) is 6.17. The van der Waals surface area contributed by atoms with Crippen molar-refractivity contribution in [2.45, 2.75) is 44.3 Å². The third-order valence-electron chi connectivity index (χ3n) is 6.17. The summed E-state index contributed by atoms with van der Waals surface area (Å²) in [5, 5.41) is 9.71. The van der Waals surface area contributed by atoms with Crippen molar-refractivity contribution in [3.8, 4) is 0 Å². The second-order valence-corrected chi connectivity index (χ2v) is 7.83. The van der Waals surface area contributed by atoms with E-state index in [4.69, 9.17) is 5.73 Å². The molecule has 2 aliphatic rings. The minimum atomic E-state index is -0.881. The van der Waals surface area contributed by atoms with Crippen LogP contribution in [0.3, 0.4) is 0 Å². The molecule has 0 radical (unpaired) electrons. The van der Waals surface area contributed by atoms with Gasteiger partial charge in [0.2, 0.25) is 0 Å². The maximum Gasteiger partial charge on any atom is 0.407 e. The van der Waals surface area contributed by atoms with Crippen LogP contribution in [0, 0.1) is 11.8 Å². The number of nitrogens with zero attached hydrogens (tertiary/aromatic N) is 1. The van der Waals surface area contributed by atoms with Crippen molar-refractivity contribution in [2.24, 2.45) is 17.6 Å². The molecule has 0 aromatic heterocycles. The normalized spacial score (nSPS) is 26.8. The first-order valence-corrected chi connectivity index (χ1v) is 9.47. The zero-order valence-electron chi connectivity index (χ0n) is 14.9. The summed E-state index contributed by atoms with van der Waals surface area (Å²) >= 11 is 0. The summed E-state index contributed by atoms with van der Waals surface area (Å²) in [5.74, 6) is 1.77. The van der Waals surface area contributed by atoms with Gasteiger partial charge >= 0.3 is 6.09 Å².